The molecule has 0 radical (unpaired) electrons. The van der Waals surface area contributed by atoms with E-state index in [9.17, 15) is 9.59 Å². The highest BCUT2D eigenvalue weighted by atomic mass is 32.1. The number of likely N-dealkylation sites (tertiary alicyclic amines) is 1. The Morgan fingerprint density at radius 2 is 1.87 bits per heavy atom. The van der Waals surface area contributed by atoms with Gasteiger partial charge >= 0.3 is 0 Å². The van der Waals surface area contributed by atoms with Gasteiger partial charge in [0.05, 0.1) is 17.0 Å². The topological polar surface area (TPSA) is 74.3 Å². The summed E-state index contributed by atoms with van der Waals surface area (Å²) in [5.74, 6) is 0.526. The Labute approximate surface area is 190 Å². The third-order valence-electron chi connectivity index (χ3n) is 5.38. The SMILES string of the molecule is CC1CCN(Cc2ccc(NC(=O)Cc3csc(NC(=O)c4cccs4)n3)cc2)CC1. The molecule has 0 aliphatic carbocycles. The van der Waals surface area contributed by atoms with E-state index in [-0.39, 0.29) is 18.2 Å². The average Bonchev–Trinajstić information content (AvgIpc) is 3.44. The number of rotatable bonds is 7. The largest absolute Gasteiger partial charge is 0.326 e. The molecule has 6 nitrogen and oxygen atoms in total. The highest BCUT2D eigenvalue weighted by Crippen LogP contribution is 2.20. The maximum absolute atomic E-state index is 12.4. The Kier molecular flexibility index (Phi) is 7.11. The molecular weight excluding hydrogens is 428 g/mol. The number of carbonyl (C=O) groups is 2. The monoisotopic (exact) mass is 454 g/mol. The molecule has 0 bridgehead atoms. The van der Waals surface area contributed by atoms with Crippen LogP contribution in [0.2, 0.25) is 0 Å². The number of aromatic nitrogens is 1. The van der Waals surface area contributed by atoms with E-state index in [0.717, 1.165) is 31.2 Å². The van der Waals surface area contributed by atoms with Gasteiger partial charge in [0.15, 0.2) is 5.13 Å². The summed E-state index contributed by atoms with van der Waals surface area (Å²) in [6.45, 7) is 5.59. The van der Waals surface area contributed by atoms with Gasteiger partial charge in [0.1, 0.15) is 0 Å². The maximum atomic E-state index is 12.4. The van der Waals surface area contributed by atoms with Crippen molar-refractivity contribution in [1.82, 2.24) is 9.88 Å². The van der Waals surface area contributed by atoms with E-state index in [2.05, 4.69) is 39.6 Å². The number of hydrogen-bond acceptors (Lipinski definition) is 6. The van der Waals surface area contributed by atoms with Crippen LogP contribution in [0.4, 0.5) is 10.8 Å². The fourth-order valence-electron chi connectivity index (χ4n) is 3.55. The summed E-state index contributed by atoms with van der Waals surface area (Å²) in [6, 6.07) is 11.7. The van der Waals surface area contributed by atoms with Crippen LogP contribution < -0.4 is 10.6 Å². The number of nitrogens with one attached hydrogen (secondary N) is 2. The summed E-state index contributed by atoms with van der Waals surface area (Å²) in [7, 11) is 0. The van der Waals surface area contributed by atoms with Crippen LogP contribution in [-0.4, -0.2) is 34.8 Å². The zero-order valence-corrected chi connectivity index (χ0v) is 19.1. The molecule has 1 aliphatic rings. The molecular formula is C23H26N4O2S2. The Balaban J connectivity index is 1.25. The smallest absolute Gasteiger partial charge is 0.267 e. The minimum Gasteiger partial charge on any atom is -0.326 e. The number of nitrogens with zero attached hydrogens (tertiary/aromatic N) is 2. The van der Waals surface area contributed by atoms with E-state index in [0.29, 0.717) is 15.7 Å². The molecule has 31 heavy (non-hydrogen) atoms. The first-order valence-corrected chi connectivity index (χ1v) is 12.2. The lowest BCUT2D eigenvalue weighted by atomic mass is 9.99. The lowest BCUT2D eigenvalue weighted by Gasteiger charge is -2.30. The summed E-state index contributed by atoms with van der Waals surface area (Å²) < 4.78 is 0. The van der Waals surface area contributed by atoms with Crippen LogP contribution in [0.5, 0.6) is 0 Å². The van der Waals surface area contributed by atoms with Crippen LogP contribution >= 0.6 is 22.7 Å². The van der Waals surface area contributed by atoms with Crippen molar-refractivity contribution in [3.63, 3.8) is 0 Å². The van der Waals surface area contributed by atoms with Crippen molar-refractivity contribution in [2.24, 2.45) is 5.92 Å². The second-order valence-corrected chi connectivity index (χ2v) is 9.76. The Bertz CT molecular complexity index is 1010. The van der Waals surface area contributed by atoms with Crippen LogP contribution in [0.3, 0.4) is 0 Å². The van der Waals surface area contributed by atoms with Gasteiger partial charge in [0.2, 0.25) is 5.91 Å². The molecule has 0 atom stereocenters. The normalized spacial score (nSPS) is 15.0. The summed E-state index contributed by atoms with van der Waals surface area (Å²) in [4.78, 5) is 32.0. The lowest BCUT2D eigenvalue weighted by Crippen LogP contribution is -2.32. The summed E-state index contributed by atoms with van der Waals surface area (Å²) in [5, 5.41) is 9.85. The van der Waals surface area contributed by atoms with E-state index >= 15 is 0 Å². The van der Waals surface area contributed by atoms with Crippen molar-refractivity contribution in [1.29, 1.82) is 0 Å². The quantitative estimate of drug-likeness (QED) is 0.534. The molecule has 3 aromatic rings. The van der Waals surface area contributed by atoms with E-state index in [4.69, 9.17) is 0 Å². The fraction of sp³-hybridized carbons (Fsp3) is 0.348. The van der Waals surface area contributed by atoms with Crippen molar-refractivity contribution >= 4 is 45.3 Å². The van der Waals surface area contributed by atoms with Gasteiger partial charge in [0, 0.05) is 17.6 Å². The van der Waals surface area contributed by atoms with Gasteiger partial charge in [0.25, 0.3) is 5.91 Å². The van der Waals surface area contributed by atoms with E-state index in [1.54, 1.807) is 11.4 Å². The first-order valence-electron chi connectivity index (χ1n) is 10.5. The zero-order chi connectivity index (χ0) is 21.6. The Morgan fingerprint density at radius 1 is 1.10 bits per heavy atom. The Hall–Kier alpha value is -2.55. The molecule has 0 saturated carbocycles. The summed E-state index contributed by atoms with van der Waals surface area (Å²) in [5.41, 5.74) is 2.68. The van der Waals surface area contributed by atoms with Crippen LogP contribution in [0, 0.1) is 5.92 Å². The summed E-state index contributed by atoms with van der Waals surface area (Å²) in [6.07, 6.45) is 2.70. The van der Waals surface area contributed by atoms with Crippen molar-refractivity contribution in [2.75, 3.05) is 23.7 Å². The molecule has 4 rings (SSSR count). The molecule has 162 valence electrons. The molecule has 2 N–H and O–H groups in total. The maximum Gasteiger partial charge on any atom is 0.267 e. The highest BCUT2D eigenvalue weighted by Gasteiger charge is 2.16. The average molecular weight is 455 g/mol. The second-order valence-electron chi connectivity index (χ2n) is 7.96. The third kappa shape index (κ3) is 6.22. The first-order chi connectivity index (χ1) is 15.0. The van der Waals surface area contributed by atoms with Crippen molar-refractivity contribution in [3.05, 3.63) is 63.3 Å². The van der Waals surface area contributed by atoms with Crippen LogP contribution in [-0.2, 0) is 17.8 Å². The molecule has 2 amide bonds. The number of amides is 2. The van der Waals surface area contributed by atoms with Crippen molar-refractivity contribution in [2.45, 2.75) is 32.7 Å². The zero-order valence-electron chi connectivity index (χ0n) is 17.5. The standard InChI is InChI=1S/C23H26N4O2S2/c1-16-8-10-27(11-9-16)14-17-4-6-18(7-5-17)24-21(28)13-19-15-31-23(25-19)26-22(29)20-3-2-12-30-20/h2-7,12,15-16H,8-11,13-14H2,1H3,(H,24,28)(H,25,26,29). The molecule has 3 heterocycles. The van der Waals surface area contributed by atoms with Crippen molar-refractivity contribution < 1.29 is 9.59 Å². The molecule has 1 aromatic carbocycles. The van der Waals surface area contributed by atoms with E-state index in [1.165, 1.54) is 41.1 Å². The number of thiophene rings is 1. The van der Waals surface area contributed by atoms with Gasteiger partial charge in [-0.3, -0.25) is 19.8 Å². The fourth-order valence-corrected chi connectivity index (χ4v) is 4.88. The minimum atomic E-state index is -0.181. The second kappa shape index (κ2) is 10.2. The number of anilines is 2. The molecule has 2 aromatic heterocycles. The molecule has 1 aliphatic heterocycles. The predicted molar refractivity (Wildman–Crippen MR) is 127 cm³/mol. The third-order valence-corrected chi connectivity index (χ3v) is 7.05. The highest BCUT2D eigenvalue weighted by molar-refractivity contribution is 7.14. The summed E-state index contributed by atoms with van der Waals surface area (Å²) >= 11 is 2.70. The number of carbonyl (C=O) groups excluding carboxylic acids is 2. The predicted octanol–water partition coefficient (Wildman–Crippen LogP) is 4.87. The molecule has 8 heteroatoms. The lowest BCUT2D eigenvalue weighted by molar-refractivity contribution is -0.115. The van der Waals surface area contributed by atoms with Gasteiger partial charge in [-0.1, -0.05) is 25.1 Å². The molecule has 0 unspecified atom stereocenters. The van der Waals surface area contributed by atoms with Gasteiger partial charge in [-0.25, -0.2) is 4.98 Å². The van der Waals surface area contributed by atoms with E-state index < -0.39 is 0 Å². The van der Waals surface area contributed by atoms with Gasteiger partial charge in [-0.2, -0.15) is 0 Å². The molecule has 0 spiro atoms. The minimum absolute atomic E-state index is 0.126. The first kappa shape index (κ1) is 21.7. The van der Waals surface area contributed by atoms with Gasteiger partial charge in [-0.05, 0) is 61.0 Å². The molecule has 1 fully saturated rings. The van der Waals surface area contributed by atoms with Crippen LogP contribution in [0.1, 0.15) is 40.7 Å². The number of hydrogen-bond donors (Lipinski definition) is 2. The Morgan fingerprint density at radius 3 is 2.58 bits per heavy atom. The number of piperidine rings is 1. The van der Waals surface area contributed by atoms with E-state index in [1.807, 2.05) is 23.6 Å². The van der Waals surface area contributed by atoms with Crippen molar-refractivity contribution in [3.8, 4) is 0 Å². The van der Waals surface area contributed by atoms with Gasteiger partial charge < -0.3 is 5.32 Å². The van der Waals surface area contributed by atoms with Crippen LogP contribution in [0.15, 0.2) is 47.2 Å². The van der Waals surface area contributed by atoms with Crippen LogP contribution in [0.25, 0.3) is 0 Å². The number of thiazole rings is 1. The van der Waals surface area contributed by atoms with Gasteiger partial charge in [-0.15, -0.1) is 22.7 Å². The molecule has 1 saturated heterocycles. The number of benzene rings is 1.